The number of carbonyl (C=O) groups is 2. The lowest BCUT2D eigenvalue weighted by molar-refractivity contribution is -0.144. The molecular formula is C18H24N2O3S. The van der Waals surface area contributed by atoms with Gasteiger partial charge in [0, 0.05) is 23.2 Å². The fourth-order valence-corrected chi connectivity index (χ4v) is 4.20. The van der Waals surface area contributed by atoms with Crippen LogP contribution in [0.3, 0.4) is 0 Å². The van der Waals surface area contributed by atoms with Gasteiger partial charge >= 0.3 is 0 Å². The van der Waals surface area contributed by atoms with E-state index in [2.05, 4.69) is 5.32 Å². The van der Waals surface area contributed by atoms with Crippen molar-refractivity contribution in [1.29, 1.82) is 0 Å². The molecule has 0 radical (unpaired) electrons. The summed E-state index contributed by atoms with van der Waals surface area (Å²) in [6, 6.07) is 7.35. The highest BCUT2D eigenvalue weighted by Gasteiger charge is 2.39. The molecule has 5 nitrogen and oxygen atoms in total. The van der Waals surface area contributed by atoms with E-state index < -0.39 is 11.5 Å². The standard InChI is InChI=1S/C18H24N2O3S/c1-18(2,3)17(22)20-11-24-10-14(20)16(21)19-13-8-9-23-15-7-5-4-6-12(13)15/h4-7,13-14H,8-11H2,1-3H3,(H,19,21)/t13-,14-/m1/s1. The quantitative estimate of drug-likeness (QED) is 0.892. The van der Waals surface area contributed by atoms with E-state index in [0.717, 1.165) is 17.7 Å². The van der Waals surface area contributed by atoms with E-state index >= 15 is 0 Å². The zero-order valence-corrected chi connectivity index (χ0v) is 15.2. The van der Waals surface area contributed by atoms with Crippen LogP contribution in [0.5, 0.6) is 5.75 Å². The van der Waals surface area contributed by atoms with Crippen molar-refractivity contribution in [2.24, 2.45) is 5.41 Å². The predicted octanol–water partition coefficient (Wildman–Crippen LogP) is 2.57. The highest BCUT2D eigenvalue weighted by atomic mass is 32.2. The van der Waals surface area contributed by atoms with Crippen LogP contribution in [0.15, 0.2) is 24.3 Å². The number of nitrogens with zero attached hydrogens (tertiary/aromatic N) is 1. The Labute approximate surface area is 147 Å². The molecule has 0 unspecified atom stereocenters. The Hall–Kier alpha value is -1.69. The molecule has 0 saturated carbocycles. The molecule has 0 aromatic heterocycles. The van der Waals surface area contributed by atoms with Gasteiger partial charge in [0.15, 0.2) is 0 Å². The summed E-state index contributed by atoms with van der Waals surface area (Å²) in [5.74, 6) is 2.02. The van der Waals surface area contributed by atoms with Gasteiger partial charge in [0.2, 0.25) is 11.8 Å². The van der Waals surface area contributed by atoms with Gasteiger partial charge in [-0.1, -0.05) is 39.0 Å². The molecule has 2 heterocycles. The molecule has 1 fully saturated rings. The van der Waals surface area contributed by atoms with Crippen molar-refractivity contribution in [3.63, 3.8) is 0 Å². The maximum atomic E-state index is 12.8. The van der Waals surface area contributed by atoms with Crippen molar-refractivity contribution in [3.05, 3.63) is 29.8 Å². The maximum absolute atomic E-state index is 12.8. The van der Waals surface area contributed by atoms with Crippen molar-refractivity contribution < 1.29 is 14.3 Å². The molecule has 0 spiro atoms. The summed E-state index contributed by atoms with van der Waals surface area (Å²) >= 11 is 1.63. The number of fused-ring (bicyclic) bond motifs is 1. The molecular weight excluding hydrogens is 324 g/mol. The molecule has 2 amide bonds. The molecule has 6 heteroatoms. The van der Waals surface area contributed by atoms with Crippen molar-refractivity contribution in [3.8, 4) is 5.75 Å². The molecule has 130 valence electrons. The van der Waals surface area contributed by atoms with Crippen LogP contribution in [-0.4, -0.2) is 41.0 Å². The Morgan fingerprint density at radius 3 is 2.79 bits per heavy atom. The number of para-hydroxylation sites is 1. The van der Waals surface area contributed by atoms with Crippen LogP contribution in [0.1, 0.15) is 38.8 Å². The SMILES string of the molecule is CC(C)(C)C(=O)N1CSC[C@@H]1C(=O)N[C@@H]1CCOc2ccccc21. The highest BCUT2D eigenvalue weighted by molar-refractivity contribution is 7.99. The number of carbonyl (C=O) groups excluding carboxylic acids is 2. The van der Waals surface area contributed by atoms with Gasteiger partial charge in [0.1, 0.15) is 11.8 Å². The fraction of sp³-hybridized carbons (Fsp3) is 0.556. The van der Waals surface area contributed by atoms with E-state index in [1.807, 2.05) is 45.0 Å². The third-order valence-electron chi connectivity index (χ3n) is 4.36. The first-order valence-corrected chi connectivity index (χ1v) is 9.44. The number of benzene rings is 1. The third kappa shape index (κ3) is 3.38. The van der Waals surface area contributed by atoms with E-state index in [1.54, 1.807) is 16.7 Å². The molecule has 2 aliphatic heterocycles. The monoisotopic (exact) mass is 348 g/mol. The minimum absolute atomic E-state index is 0.0278. The number of hydrogen-bond donors (Lipinski definition) is 1. The van der Waals surface area contributed by atoms with Gasteiger partial charge in [-0.25, -0.2) is 0 Å². The first kappa shape index (κ1) is 17.1. The smallest absolute Gasteiger partial charge is 0.244 e. The van der Waals surface area contributed by atoms with Gasteiger partial charge in [0.05, 0.1) is 18.5 Å². The topological polar surface area (TPSA) is 58.6 Å². The molecule has 24 heavy (non-hydrogen) atoms. The molecule has 3 rings (SSSR count). The largest absolute Gasteiger partial charge is 0.493 e. The molecule has 1 N–H and O–H groups in total. The van der Waals surface area contributed by atoms with Gasteiger partial charge in [-0.2, -0.15) is 0 Å². The lowest BCUT2D eigenvalue weighted by atomic mass is 9.94. The summed E-state index contributed by atoms with van der Waals surface area (Å²) in [6.45, 7) is 6.26. The average Bonchev–Trinajstić information content (AvgIpc) is 3.03. The van der Waals surface area contributed by atoms with E-state index in [-0.39, 0.29) is 17.9 Å². The predicted molar refractivity (Wildman–Crippen MR) is 94.9 cm³/mol. The van der Waals surface area contributed by atoms with Crippen LogP contribution in [0.25, 0.3) is 0 Å². The van der Waals surface area contributed by atoms with E-state index in [1.165, 1.54) is 0 Å². The molecule has 2 aliphatic rings. The number of nitrogens with one attached hydrogen (secondary N) is 1. The van der Waals surface area contributed by atoms with Crippen LogP contribution in [0.4, 0.5) is 0 Å². The Kier molecular flexibility index (Phi) is 4.76. The Morgan fingerprint density at radius 1 is 1.29 bits per heavy atom. The van der Waals surface area contributed by atoms with E-state index in [4.69, 9.17) is 4.74 Å². The second-order valence-corrected chi connectivity index (χ2v) is 8.28. The van der Waals surface area contributed by atoms with Crippen molar-refractivity contribution >= 4 is 23.6 Å². The van der Waals surface area contributed by atoms with Crippen molar-refractivity contribution in [2.75, 3.05) is 18.2 Å². The highest BCUT2D eigenvalue weighted by Crippen LogP contribution is 2.33. The average molecular weight is 348 g/mol. The maximum Gasteiger partial charge on any atom is 0.244 e. The minimum Gasteiger partial charge on any atom is -0.493 e. The summed E-state index contributed by atoms with van der Waals surface area (Å²) in [7, 11) is 0. The number of amides is 2. The second kappa shape index (κ2) is 6.67. The first-order valence-electron chi connectivity index (χ1n) is 8.29. The van der Waals surface area contributed by atoms with Crippen LogP contribution >= 0.6 is 11.8 Å². The van der Waals surface area contributed by atoms with Crippen molar-refractivity contribution in [2.45, 2.75) is 39.3 Å². The molecule has 1 aromatic carbocycles. The lowest BCUT2D eigenvalue weighted by Crippen LogP contribution is -2.51. The summed E-state index contributed by atoms with van der Waals surface area (Å²) in [4.78, 5) is 27.1. The third-order valence-corrected chi connectivity index (χ3v) is 5.37. The Bertz CT molecular complexity index is 641. The van der Waals surface area contributed by atoms with Crippen molar-refractivity contribution in [1.82, 2.24) is 10.2 Å². The summed E-state index contributed by atoms with van der Waals surface area (Å²) < 4.78 is 5.64. The van der Waals surface area contributed by atoms with Crippen LogP contribution in [0, 0.1) is 5.41 Å². The number of rotatable bonds is 2. The lowest BCUT2D eigenvalue weighted by Gasteiger charge is -2.32. The van der Waals surface area contributed by atoms with Crippen LogP contribution in [-0.2, 0) is 9.59 Å². The molecule has 1 saturated heterocycles. The van der Waals surface area contributed by atoms with E-state index in [0.29, 0.717) is 18.2 Å². The van der Waals surface area contributed by atoms with E-state index in [9.17, 15) is 9.59 Å². The molecule has 0 aliphatic carbocycles. The minimum atomic E-state index is -0.477. The fourth-order valence-electron chi connectivity index (χ4n) is 3.05. The van der Waals surface area contributed by atoms with Gasteiger partial charge in [-0.05, 0) is 6.07 Å². The number of ether oxygens (including phenoxy) is 1. The van der Waals surface area contributed by atoms with Crippen LogP contribution in [0.2, 0.25) is 0 Å². The number of hydrogen-bond acceptors (Lipinski definition) is 4. The zero-order valence-electron chi connectivity index (χ0n) is 14.4. The number of thioether (sulfide) groups is 1. The van der Waals surface area contributed by atoms with Gasteiger partial charge < -0.3 is 15.0 Å². The summed E-state index contributed by atoms with van der Waals surface area (Å²) in [5, 5.41) is 3.13. The summed E-state index contributed by atoms with van der Waals surface area (Å²) in [6.07, 6.45) is 0.746. The molecule has 0 bridgehead atoms. The second-order valence-electron chi connectivity index (χ2n) is 7.28. The normalized spacial score (nSPS) is 23.4. The van der Waals surface area contributed by atoms with Crippen LogP contribution < -0.4 is 10.1 Å². The first-order chi connectivity index (χ1) is 11.4. The Balaban J connectivity index is 1.72. The van der Waals surface area contributed by atoms with Gasteiger partial charge in [-0.3, -0.25) is 9.59 Å². The Morgan fingerprint density at radius 2 is 2.04 bits per heavy atom. The zero-order chi connectivity index (χ0) is 17.3. The molecule has 2 atom stereocenters. The van der Waals surface area contributed by atoms with Gasteiger partial charge in [0.25, 0.3) is 0 Å². The van der Waals surface area contributed by atoms with Gasteiger partial charge in [-0.15, -0.1) is 11.8 Å². The molecule has 1 aromatic rings. The summed E-state index contributed by atoms with van der Waals surface area (Å²) in [5.41, 5.74) is 0.533.